The zero-order chi connectivity index (χ0) is 79.5. The molecule has 48 nitrogen and oxygen atoms in total. The van der Waals surface area contributed by atoms with E-state index in [2.05, 4.69) is 16.0 Å². The second-order valence-corrected chi connectivity index (χ2v) is 27.4. The molecule has 626 valence electrons. The van der Waals surface area contributed by atoms with Crippen LogP contribution in [-0.2, 0) is 94.9 Å². The van der Waals surface area contributed by atoms with E-state index in [1.54, 1.807) is 0 Å². The van der Waals surface area contributed by atoms with Gasteiger partial charge in [-0.3, -0.25) is 14.4 Å². The van der Waals surface area contributed by atoms with Gasteiger partial charge in [-0.15, -0.1) is 0 Å². The number of rotatable bonds is 27. The van der Waals surface area contributed by atoms with Crippen LogP contribution in [0.3, 0.4) is 0 Å². The number of hydrogen-bond acceptors (Lipinski definition) is 45. The molecule has 9 saturated heterocycles. The standard InChI is InChI=1S/C60H101N3O45/c1-13-28(75)36(83)40(87)56(92-13)108-51-50(107-55-27(63-16(4)74)47(30(77)18(6-65)94-55)104-57-41(88)37(84)29(76)17(5-64)95-57)33(80)21(9-68)98-60(51)103-45-24(12-71)100-54(26(35(45)82)62-15(3)73)105-48-31(78)19(7-66)96-58(42(48)89)101-44-23(11-70)99-53(25(34(44)81)61-14(2)72)106-49-32(79)20(8-67)97-59(43(49)90)102-46-22(10-69)93-52(91)39(86)38(46)85/h13,17-60,64-71,75-91H,5-12H2,1-4H3,(H,61,72)(H,62,73)(H,63,74)/t13-,17+,18+,19+,20+,21+,22+,23+,24+,25+,26+,27+,28+,29-,30-,31-,32-,33-,34+,35+,36+,37-,38+,39+,40-,41+,42+,43+,44+,45+,46+,47+,48-,49-,50-,51+,52+,53-,54-,55+,56-,57-,58-,59-,60-/m0/s1. The smallest absolute Gasteiger partial charge is 0.217 e. The molecule has 0 bridgehead atoms. The Morgan fingerprint density at radius 2 is 0.519 bits per heavy atom. The van der Waals surface area contributed by atoms with E-state index in [0.717, 1.165) is 20.8 Å². The SMILES string of the molecule is CC(=O)N[C@H]1[C@H](O[C@H]2[C@@H](O)[C@@H](CO)O[C@@H](O[C@H]3[C@H](O)[C@@H](O)[C@H](O)O[C@@H]3CO)[C@@H]2O)O[C@H](CO)[C@@H](O[C@@H]2O[C@H](CO)[C@H](O)[C@H](O[C@@H]3O[C@H](CO)[C@@H](O[C@@H]4O[C@H](CO)[C@H](O)[C@H](O[C@H]5O[C@H](CO)[C@H](O)[C@H](O[C@@H]6O[C@H](CO)[C@H](O)[C@H](O)[C@H]6O)[C@H]5NC(C)=O)[C@H]4O[C@@H]4O[C@@H](C)[C@@H](O)[C@@H](O)[C@@H]4O)[C@H](O)[C@H]3NC(C)=O)[C@H]2O)[C@@H]1O. The predicted octanol–water partition coefficient (Wildman–Crippen LogP) is -19.2. The first-order valence-electron chi connectivity index (χ1n) is 34.5. The summed E-state index contributed by atoms with van der Waals surface area (Å²) in [5, 5.41) is 282. The van der Waals surface area contributed by atoms with Crippen LogP contribution in [0.25, 0.3) is 0 Å². The molecule has 3 amide bonds. The van der Waals surface area contributed by atoms with Gasteiger partial charge in [-0.2, -0.15) is 0 Å². The highest BCUT2D eigenvalue weighted by atomic mass is 16.8. The van der Waals surface area contributed by atoms with Gasteiger partial charge in [0.15, 0.2) is 56.6 Å². The van der Waals surface area contributed by atoms with Gasteiger partial charge < -0.3 is 224 Å². The Kier molecular flexibility index (Phi) is 31.6. The highest BCUT2D eigenvalue weighted by Crippen LogP contribution is 2.41. The summed E-state index contributed by atoms with van der Waals surface area (Å²) in [6, 6.07) is -5.81. The highest BCUT2D eigenvalue weighted by Gasteiger charge is 2.62. The van der Waals surface area contributed by atoms with Gasteiger partial charge in [0.25, 0.3) is 0 Å². The average molecular weight is 1580 g/mol. The van der Waals surface area contributed by atoms with Crippen molar-refractivity contribution in [2.24, 2.45) is 0 Å². The molecule has 0 aromatic heterocycles. The van der Waals surface area contributed by atoms with Crippen LogP contribution in [0.2, 0.25) is 0 Å². The van der Waals surface area contributed by atoms with Gasteiger partial charge in [0, 0.05) is 20.8 Å². The predicted molar refractivity (Wildman–Crippen MR) is 330 cm³/mol. The Balaban J connectivity index is 0.976. The summed E-state index contributed by atoms with van der Waals surface area (Å²) in [5.41, 5.74) is 0. The van der Waals surface area contributed by atoms with Gasteiger partial charge >= 0.3 is 0 Å². The molecular weight excluding hydrogens is 1480 g/mol. The van der Waals surface area contributed by atoms with Crippen molar-refractivity contribution in [2.75, 3.05) is 52.9 Å². The Morgan fingerprint density at radius 3 is 0.944 bits per heavy atom. The fourth-order valence-electron chi connectivity index (χ4n) is 14.1. The molecular formula is C60H101N3O45. The Bertz CT molecular complexity index is 2820. The summed E-state index contributed by atoms with van der Waals surface area (Å²) >= 11 is 0. The maximum absolute atomic E-state index is 13.2. The second-order valence-electron chi connectivity index (χ2n) is 27.4. The molecule has 0 aromatic rings. The van der Waals surface area contributed by atoms with E-state index >= 15 is 0 Å². The van der Waals surface area contributed by atoms with Gasteiger partial charge in [-0.1, -0.05) is 0 Å². The molecule has 45 atom stereocenters. The maximum atomic E-state index is 13.2. The molecule has 9 aliphatic heterocycles. The van der Waals surface area contributed by atoms with E-state index < -0.39 is 347 Å². The van der Waals surface area contributed by atoms with Crippen molar-refractivity contribution in [3.63, 3.8) is 0 Å². The van der Waals surface area contributed by atoms with Crippen LogP contribution in [0.15, 0.2) is 0 Å². The average Bonchev–Trinajstić information content (AvgIpc) is 0.767. The van der Waals surface area contributed by atoms with Crippen LogP contribution in [-0.4, -0.2) is 474 Å². The van der Waals surface area contributed by atoms with Crippen molar-refractivity contribution in [2.45, 2.75) is 304 Å². The fourth-order valence-corrected chi connectivity index (χ4v) is 14.1. The highest BCUT2D eigenvalue weighted by molar-refractivity contribution is 5.74. The number of nitrogens with one attached hydrogen (secondary N) is 3. The molecule has 108 heavy (non-hydrogen) atoms. The zero-order valence-corrected chi connectivity index (χ0v) is 58.0. The van der Waals surface area contributed by atoms with Gasteiger partial charge in [0.2, 0.25) is 17.7 Å². The van der Waals surface area contributed by atoms with E-state index in [1.807, 2.05) is 0 Å². The van der Waals surface area contributed by atoms with E-state index in [4.69, 9.17) is 80.5 Å². The lowest BCUT2D eigenvalue weighted by Crippen LogP contribution is -2.71. The molecule has 0 unspecified atom stereocenters. The summed E-state index contributed by atoms with van der Waals surface area (Å²) in [7, 11) is 0. The topological polar surface area (TPSA) is 750 Å². The number of aliphatic hydroxyl groups is 25. The van der Waals surface area contributed by atoms with Crippen molar-refractivity contribution in [1.29, 1.82) is 0 Å². The molecule has 0 aromatic carbocycles. The fraction of sp³-hybridized carbons (Fsp3) is 0.950. The molecule has 48 heteroatoms. The lowest BCUT2D eigenvalue weighted by atomic mass is 9.93. The van der Waals surface area contributed by atoms with Crippen molar-refractivity contribution in [3.8, 4) is 0 Å². The summed E-state index contributed by atoms with van der Waals surface area (Å²) in [4.78, 5) is 39.0. The largest absolute Gasteiger partial charge is 0.394 e. The lowest BCUT2D eigenvalue weighted by Gasteiger charge is -2.52. The monoisotopic (exact) mass is 1580 g/mol. The van der Waals surface area contributed by atoms with E-state index in [-0.39, 0.29) is 0 Å². The number of hydrogen-bond donors (Lipinski definition) is 28. The summed E-state index contributed by atoms with van der Waals surface area (Å²) < 4.78 is 100. The first-order chi connectivity index (χ1) is 51.1. The maximum Gasteiger partial charge on any atom is 0.217 e. The van der Waals surface area contributed by atoms with Crippen molar-refractivity contribution >= 4 is 17.7 Å². The first kappa shape index (κ1) is 88.7. The number of aliphatic hydroxyl groups excluding tert-OH is 25. The third-order valence-electron chi connectivity index (χ3n) is 19.9. The van der Waals surface area contributed by atoms with Crippen LogP contribution in [0.5, 0.6) is 0 Å². The second kappa shape index (κ2) is 38.5. The minimum absolute atomic E-state index is 0.922. The van der Waals surface area contributed by atoms with Gasteiger partial charge in [-0.25, -0.2) is 0 Å². The van der Waals surface area contributed by atoms with E-state index in [0.29, 0.717) is 0 Å². The van der Waals surface area contributed by atoms with Crippen molar-refractivity contribution in [3.05, 3.63) is 0 Å². The minimum atomic E-state index is -2.39. The Labute approximate surface area is 611 Å². The Morgan fingerprint density at radius 1 is 0.241 bits per heavy atom. The minimum Gasteiger partial charge on any atom is -0.394 e. The molecule has 0 saturated carbocycles. The molecule has 9 aliphatic rings. The van der Waals surface area contributed by atoms with Gasteiger partial charge in [-0.05, 0) is 6.92 Å². The van der Waals surface area contributed by atoms with E-state index in [9.17, 15) is 142 Å². The number of carbonyl (C=O) groups excluding carboxylic acids is 3. The number of amides is 3. The molecule has 9 heterocycles. The van der Waals surface area contributed by atoms with Crippen molar-refractivity contribution in [1.82, 2.24) is 16.0 Å². The third-order valence-corrected chi connectivity index (χ3v) is 19.9. The molecule has 0 aliphatic carbocycles. The quantitative estimate of drug-likeness (QED) is 0.0363. The molecule has 28 N–H and O–H groups in total. The zero-order valence-electron chi connectivity index (χ0n) is 58.0. The van der Waals surface area contributed by atoms with Crippen LogP contribution in [0.4, 0.5) is 0 Å². The third kappa shape index (κ3) is 19.0. The molecule has 0 spiro atoms. The summed E-state index contributed by atoms with van der Waals surface area (Å²) in [6.07, 6.45) is -85.4. The van der Waals surface area contributed by atoms with Gasteiger partial charge in [0.05, 0.1) is 59.0 Å². The van der Waals surface area contributed by atoms with Crippen molar-refractivity contribution < 1.29 is 223 Å². The molecule has 9 fully saturated rings. The van der Waals surface area contributed by atoms with Gasteiger partial charge in [0.1, 0.15) is 213 Å². The summed E-state index contributed by atoms with van der Waals surface area (Å²) in [6.45, 7) is -4.69. The molecule has 9 rings (SSSR count). The number of carbonyl (C=O) groups is 3. The molecule has 0 radical (unpaired) electrons. The van der Waals surface area contributed by atoms with Crippen LogP contribution < -0.4 is 16.0 Å². The first-order valence-corrected chi connectivity index (χ1v) is 34.5. The van der Waals surface area contributed by atoms with Crippen LogP contribution in [0, 0.1) is 0 Å². The Hall–Kier alpha value is -3.27. The van der Waals surface area contributed by atoms with Crippen LogP contribution >= 0.6 is 0 Å². The summed E-state index contributed by atoms with van der Waals surface area (Å²) in [5.74, 6) is -2.85. The van der Waals surface area contributed by atoms with Crippen LogP contribution in [0.1, 0.15) is 27.7 Å². The normalized spacial score (nSPS) is 50.4. The lowest BCUT2D eigenvalue weighted by molar-refractivity contribution is -0.404. The van der Waals surface area contributed by atoms with E-state index in [1.165, 1.54) is 6.92 Å². The number of ether oxygens (including phenoxy) is 17.